The summed E-state index contributed by atoms with van der Waals surface area (Å²) >= 11 is 0. The molecule has 0 aromatic heterocycles. The highest BCUT2D eigenvalue weighted by atomic mass is 32.2. The molecule has 8 nitrogen and oxygen atoms in total. The quantitative estimate of drug-likeness (QED) is 0.729. The monoisotopic (exact) mass is 384 g/mol. The van der Waals surface area contributed by atoms with Crippen molar-refractivity contribution in [1.29, 1.82) is 0 Å². The van der Waals surface area contributed by atoms with E-state index in [1.807, 2.05) is 0 Å². The molecule has 1 aromatic rings. The van der Waals surface area contributed by atoms with Crippen molar-refractivity contribution in [2.45, 2.75) is 32.2 Å². The van der Waals surface area contributed by atoms with Gasteiger partial charge in [0.1, 0.15) is 0 Å². The Kier molecular flexibility index (Phi) is 5.92. The van der Waals surface area contributed by atoms with Crippen LogP contribution in [0.3, 0.4) is 0 Å². The van der Waals surface area contributed by atoms with Gasteiger partial charge in [-0.05, 0) is 44.0 Å². The summed E-state index contributed by atoms with van der Waals surface area (Å²) in [6, 6.07) is 4.81. The first-order valence-corrected chi connectivity index (χ1v) is 9.83. The molecule has 2 N–H and O–H groups in total. The number of aliphatic carboxylic acids is 1. The van der Waals surface area contributed by atoms with E-state index < -0.39 is 27.4 Å². The Morgan fingerprint density at radius 2 is 2.08 bits per heavy atom. The van der Waals surface area contributed by atoms with E-state index in [0.29, 0.717) is 29.8 Å². The van der Waals surface area contributed by atoms with Crippen LogP contribution >= 0.6 is 0 Å². The number of rotatable bonds is 7. The SMILES string of the molecule is COCC(C)(CC(=O)O)NC(=O)c1ccc(N2CCCS2(=O)=O)cc1C. The van der Waals surface area contributed by atoms with Gasteiger partial charge in [-0.1, -0.05) is 0 Å². The number of hydrogen-bond acceptors (Lipinski definition) is 5. The lowest BCUT2D eigenvalue weighted by molar-refractivity contribution is -0.139. The molecule has 1 aromatic carbocycles. The van der Waals surface area contributed by atoms with Gasteiger partial charge in [0.05, 0.1) is 30.0 Å². The second-order valence-electron chi connectivity index (χ2n) is 6.76. The number of methoxy groups -OCH3 is 1. The van der Waals surface area contributed by atoms with Crippen molar-refractivity contribution in [2.24, 2.45) is 0 Å². The molecular formula is C17H24N2O6S. The van der Waals surface area contributed by atoms with Crippen LogP contribution in [-0.2, 0) is 19.6 Å². The van der Waals surface area contributed by atoms with E-state index in [1.165, 1.54) is 11.4 Å². The topological polar surface area (TPSA) is 113 Å². The van der Waals surface area contributed by atoms with Crippen LogP contribution in [0.25, 0.3) is 0 Å². The Bertz CT molecular complexity index is 807. The van der Waals surface area contributed by atoms with E-state index in [-0.39, 0.29) is 18.8 Å². The first-order chi connectivity index (χ1) is 12.1. The highest BCUT2D eigenvalue weighted by Crippen LogP contribution is 2.26. The number of nitrogens with zero attached hydrogens (tertiary/aromatic N) is 1. The molecule has 1 fully saturated rings. The molecule has 2 rings (SSSR count). The molecule has 9 heteroatoms. The fourth-order valence-corrected chi connectivity index (χ4v) is 4.67. The predicted octanol–water partition coefficient (Wildman–Crippen LogP) is 1.14. The lowest BCUT2D eigenvalue weighted by Gasteiger charge is -2.29. The molecule has 1 saturated heterocycles. The molecular weight excluding hydrogens is 360 g/mol. The minimum absolute atomic E-state index is 0.0498. The van der Waals surface area contributed by atoms with Crippen molar-refractivity contribution in [3.8, 4) is 0 Å². The van der Waals surface area contributed by atoms with E-state index in [1.54, 1.807) is 32.0 Å². The van der Waals surface area contributed by atoms with E-state index in [4.69, 9.17) is 9.84 Å². The molecule has 1 aliphatic heterocycles. The van der Waals surface area contributed by atoms with Crippen molar-refractivity contribution >= 4 is 27.6 Å². The van der Waals surface area contributed by atoms with E-state index in [0.717, 1.165) is 0 Å². The fourth-order valence-electron chi connectivity index (χ4n) is 3.11. The molecule has 0 saturated carbocycles. The van der Waals surface area contributed by atoms with Crippen molar-refractivity contribution in [3.63, 3.8) is 0 Å². The molecule has 0 radical (unpaired) electrons. The molecule has 1 unspecified atom stereocenters. The van der Waals surface area contributed by atoms with Gasteiger partial charge in [-0.2, -0.15) is 0 Å². The Balaban J connectivity index is 2.23. The number of benzene rings is 1. The molecule has 26 heavy (non-hydrogen) atoms. The Morgan fingerprint density at radius 3 is 2.58 bits per heavy atom. The summed E-state index contributed by atoms with van der Waals surface area (Å²) < 4.78 is 30.4. The lowest BCUT2D eigenvalue weighted by atomic mass is 9.97. The third-order valence-electron chi connectivity index (χ3n) is 4.26. The van der Waals surface area contributed by atoms with Gasteiger partial charge in [0.15, 0.2) is 0 Å². The van der Waals surface area contributed by atoms with Gasteiger partial charge in [0.25, 0.3) is 5.91 Å². The first kappa shape index (κ1) is 20.2. The van der Waals surface area contributed by atoms with Crippen LogP contribution in [0.2, 0.25) is 0 Å². The summed E-state index contributed by atoms with van der Waals surface area (Å²) in [6.45, 7) is 3.79. The van der Waals surface area contributed by atoms with Crippen LogP contribution in [0.4, 0.5) is 5.69 Å². The third kappa shape index (κ3) is 4.53. The number of carboxylic acid groups (broad SMARTS) is 1. The zero-order valence-electron chi connectivity index (χ0n) is 15.1. The third-order valence-corrected chi connectivity index (χ3v) is 6.13. The number of carbonyl (C=O) groups is 2. The molecule has 1 amide bonds. The summed E-state index contributed by atoms with van der Waals surface area (Å²) in [4.78, 5) is 23.7. The minimum Gasteiger partial charge on any atom is -0.481 e. The molecule has 144 valence electrons. The Labute approximate surface area is 153 Å². The van der Waals surface area contributed by atoms with Crippen LogP contribution < -0.4 is 9.62 Å². The number of carboxylic acids is 1. The van der Waals surface area contributed by atoms with Crippen LogP contribution in [-0.4, -0.2) is 57.0 Å². The van der Waals surface area contributed by atoms with Gasteiger partial charge < -0.3 is 15.2 Å². The second kappa shape index (κ2) is 7.63. The summed E-state index contributed by atoms with van der Waals surface area (Å²) in [7, 11) is -1.86. The van der Waals surface area contributed by atoms with Gasteiger partial charge in [0.2, 0.25) is 10.0 Å². The maximum absolute atomic E-state index is 12.6. The maximum Gasteiger partial charge on any atom is 0.305 e. The van der Waals surface area contributed by atoms with Crippen molar-refractivity contribution in [1.82, 2.24) is 5.32 Å². The lowest BCUT2D eigenvalue weighted by Crippen LogP contribution is -2.50. The largest absolute Gasteiger partial charge is 0.481 e. The number of hydrogen-bond donors (Lipinski definition) is 2. The molecule has 1 aliphatic rings. The summed E-state index contributed by atoms with van der Waals surface area (Å²) in [5.74, 6) is -1.35. The van der Waals surface area contributed by atoms with Gasteiger partial charge in [-0.15, -0.1) is 0 Å². The number of sulfonamides is 1. The van der Waals surface area contributed by atoms with Crippen molar-refractivity contribution < 1.29 is 27.9 Å². The number of aryl methyl sites for hydroxylation is 1. The predicted molar refractivity (Wildman–Crippen MR) is 96.9 cm³/mol. The van der Waals surface area contributed by atoms with Crippen LogP contribution in [0, 0.1) is 6.92 Å². The highest BCUT2D eigenvalue weighted by Gasteiger charge is 2.31. The second-order valence-corrected chi connectivity index (χ2v) is 8.77. The summed E-state index contributed by atoms with van der Waals surface area (Å²) in [6.07, 6.45) is 0.296. The van der Waals surface area contributed by atoms with Crippen molar-refractivity contribution in [3.05, 3.63) is 29.3 Å². The average molecular weight is 384 g/mol. The van der Waals surface area contributed by atoms with Gasteiger partial charge in [0, 0.05) is 19.2 Å². The number of carbonyl (C=O) groups excluding carboxylic acids is 1. The van der Waals surface area contributed by atoms with Crippen molar-refractivity contribution in [2.75, 3.05) is 30.3 Å². The molecule has 0 bridgehead atoms. The van der Waals surface area contributed by atoms with Crippen LogP contribution in [0.15, 0.2) is 18.2 Å². The minimum atomic E-state index is -3.29. The zero-order valence-corrected chi connectivity index (χ0v) is 15.9. The Morgan fingerprint density at radius 1 is 1.38 bits per heavy atom. The van der Waals surface area contributed by atoms with Crippen LogP contribution in [0.1, 0.15) is 35.7 Å². The first-order valence-electron chi connectivity index (χ1n) is 8.22. The molecule has 0 aliphatic carbocycles. The smallest absolute Gasteiger partial charge is 0.305 e. The number of anilines is 1. The normalized spacial score (nSPS) is 18.3. The fraction of sp³-hybridized carbons (Fsp3) is 0.529. The van der Waals surface area contributed by atoms with E-state index >= 15 is 0 Å². The molecule has 1 atom stereocenters. The van der Waals surface area contributed by atoms with Gasteiger partial charge in [-0.25, -0.2) is 8.42 Å². The summed E-state index contributed by atoms with van der Waals surface area (Å²) in [5, 5.41) is 11.8. The number of nitrogens with one attached hydrogen (secondary N) is 1. The van der Waals surface area contributed by atoms with E-state index in [2.05, 4.69) is 5.32 Å². The van der Waals surface area contributed by atoms with Gasteiger partial charge >= 0.3 is 5.97 Å². The number of amides is 1. The zero-order chi connectivity index (χ0) is 19.5. The molecule has 0 spiro atoms. The standard InChI is InChI=1S/C17H24N2O6S/c1-12-9-13(19-7-4-8-26(19,23)24)5-6-14(12)16(22)18-17(2,11-25-3)10-15(20)21/h5-6,9H,4,7-8,10-11H2,1-3H3,(H,18,22)(H,20,21). The maximum atomic E-state index is 12.6. The highest BCUT2D eigenvalue weighted by molar-refractivity contribution is 7.93. The van der Waals surface area contributed by atoms with E-state index in [9.17, 15) is 18.0 Å². The average Bonchev–Trinajstić information content (AvgIpc) is 2.85. The van der Waals surface area contributed by atoms with Gasteiger partial charge in [-0.3, -0.25) is 13.9 Å². The van der Waals surface area contributed by atoms with Crippen LogP contribution in [0.5, 0.6) is 0 Å². The molecule has 1 heterocycles. The summed E-state index contributed by atoms with van der Waals surface area (Å²) in [5.41, 5.74) is 0.443. The Hall–Kier alpha value is -2.13. The number of ether oxygens (including phenoxy) is 1.